The van der Waals surface area contributed by atoms with Crippen molar-refractivity contribution in [1.29, 1.82) is 0 Å². The SMILES string of the molecule is O=Cc1cn[nH]c1-c1scc2c1OCCO2. The highest BCUT2D eigenvalue weighted by Gasteiger charge is 2.22. The molecule has 2 aromatic heterocycles. The number of nitrogens with zero attached hydrogens (tertiary/aromatic N) is 1. The van der Waals surface area contributed by atoms with Crippen LogP contribution in [0.4, 0.5) is 0 Å². The average molecular weight is 236 g/mol. The lowest BCUT2D eigenvalue weighted by atomic mass is 10.2. The minimum atomic E-state index is 0.527. The van der Waals surface area contributed by atoms with E-state index in [-0.39, 0.29) is 0 Å². The monoisotopic (exact) mass is 236 g/mol. The summed E-state index contributed by atoms with van der Waals surface area (Å²) in [5.74, 6) is 1.43. The molecule has 0 spiro atoms. The number of thiophene rings is 1. The number of hydrogen-bond donors (Lipinski definition) is 1. The van der Waals surface area contributed by atoms with Gasteiger partial charge in [0.25, 0.3) is 0 Å². The minimum absolute atomic E-state index is 0.527. The van der Waals surface area contributed by atoms with Gasteiger partial charge in [0.2, 0.25) is 0 Å². The summed E-state index contributed by atoms with van der Waals surface area (Å²) in [7, 11) is 0. The van der Waals surface area contributed by atoms with E-state index < -0.39 is 0 Å². The summed E-state index contributed by atoms with van der Waals surface area (Å²) in [4.78, 5) is 11.7. The summed E-state index contributed by atoms with van der Waals surface area (Å²) in [5, 5.41) is 8.53. The van der Waals surface area contributed by atoms with Gasteiger partial charge < -0.3 is 9.47 Å². The molecule has 0 bridgehead atoms. The Bertz CT molecular complexity index is 532. The molecule has 0 radical (unpaired) electrons. The molecule has 0 saturated carbocycles. The van der Waals surface area contributed by atoms with E-state index in [4.69, 9.17) is 9.47 Å². The number of H-pyrrole nitrogens is 1. The fraction of sp³-hybridized carbons (Fsp3) is 0.200. The van der Waals surface area contributed by atoms with Gasteiger partial charge in [-0.15, -0.1) is 11.3 Å². The van der Waals surface area contributed by atoms with Crippen LogP contribution in [-0.2, 0) is 0 Å². The van der Waals surface area contributed by atoms with Crippen molar-refractivity contribution in [2.24, 2.45) is 0 Å². The maximum absolute atomic E-state index is 10.8. The van der Waals surface area contributed by atoms with Crippen LogP contribution >= 0.6 is 11.3 Å². The zero-order chi connectivity index (χ0) is 11.0. The van der Waals surface area contributed by atoms with Crippen molar-refractivity contribution in [1.82, 2.24) is 10.2 Å². The Morgan fingerprint density at radius 1 is 1.44 bits per heavy atom. The van der Waals surface area contributed by atoms with Crippen LogP contribution in [0.1, 0.15) is 10.4 Å². The van der Waals surface area contributed by atoms with Crippen LogP contribution in [-0.4, -0.2) is 29.7 Å². The third-order valence-electron chi connectivity index (χ3n) is 2.32. The van der Waals surface area contributed by atoms with Crippen molar-refractivity contribution in [3.05, 3.63) is 17.1 Å². The standard InChI is InChI=1S/C10H8N2O3S/c13-4-6-3-11-12-8(6)10-9-7(5-16-10)14-1-2-15-9/h3-5H,1-2H2,(H,11,12). The zero-order valence-corrected chi connectivity index (χ0v) is 9.04. The molecule has 16 heavy (non-hydrogen) atoms. The molecule has 0 saturated heterocycles. The highest BCUT2D eigenvalue weighted by Crippen LogP contribution is 2.45. The zero-order valence-electron chi connectivity index (χ0n) is 8.23. The van der Waals surface area contributed by atoms with Gasteiger partial charge in [-0.25, -0.2) is 0 Å². The Labute approximate surface area is 95.0 Å². The molecule has 1 aliphatic heterocycles. The van der Waals surface area contributed by atoms with E-state index in [2.05, 4.69) is 10.2 Å². The second-order valence-corrected chi connectivity index (χ2v) is 4.15. The Morgan fingerprint density at radius 2 is 2.31 bits per heavy atom. The van der Waals surface area contributed by atoms with Gasteiger partial charge in [0.15, 0.2) is 17.8 Å². The first-order valence-electron chi connectivity index (χ1n) is 4.76. The molecule has 0 fully saturated rings. The van der Waals surface area contributed by atoms with Crippen molar-refractivity contribution in [3.8, 4) is 22.1 Å². The van der Waals surface area contributed by atoms with E-state index in [1.807, 2.05) is 5.38 Å². The van der Waals surface area contributed by atoms with Crippen LogP contribution < -0.4 is 9.47 Å². The molecule has 1 N–H and O–H groups in total. The second-order valence-electron chi connectivity index (χ2n) is 3.27. The highest BCUT2D eigenvalue weighted by molar-refractivity contribution is 7.14. The molecule has 6 heteroatoms. The molecule has 0 aliphatic carbocycles. The van der Waals surface area contributed by atoms with Gasteiger partial charge in [-0.3, -0.25) is 9.89 Å². The Balaban J connectivity index is 2.13. The number of carbonyl (C=O) groups excluding carboxylic acids is 1. The van der Waals surface area contributed by atoms with Crippen molar-refractivity contribution in [3.63, 3.8) is 0 Å². The van der Waals surface area contributed by atoms with Gasteiger partial charge in [-0.2, -0.15) is 5.10 Å². The molecule has 2 aromatic rings. The fourth-order valence-electron chi connectivity index (χ4n) is 1.60. The smallest absolute Gasteiger partial charge is 0.181 e. The number of aldehydes is 1. The molecule has 5 nitrogen and oxygen atoms in total. The van der Waals surface area contributed by atoms with Crippen LogP contribution in [0.5, 0.6) is 11.5 Å². The molecule has 82 valence electrons. The Kier molecular flexibility index (Phi) is 2.14. The van der Waals surface area contributed by atoms with E-state index in [1.54, 1.807) is 0 Å². The van der Waals surface area contributed by atoms with Crippen LogP contribution in [0.25, 0.3) is 10.6 Å². The Morgan fingerprint density at radius 3 is 3.19 bits per heavy atom. The summed E-state index contributed by atoms with van der Waals surface area (Å²) < 4.78 is 11.0. The summed E-state index contributed by atoms with van der Waals surface area (Å²) >= 11 is 1.47. The molecular weight excluding hydrogens is 228 g/mol. The first-order valence-corrected chi connectivity index (χ1v) is 5.64. The Hall–Kier alpha value is -1.82. The van der Waals surface area contributed by atoms with Crippen LogP contribution in [0.3, 0.4) is 0 Å². The van der Waals surface area contributed by atoms with Gasteiger partial charge in [-0.1, -0.05) is 0 Å². The lowest BCUT2D eigenvalue weighted by Gasteiger charge is -2.15. The van der Waals surface area contributed by atoms with E-state index >= 15 is 0 Å². The molecule has 1 aliphatic rings. The van der Waals surface area contributed by atoms with E-state index in [1.165, 1.54) is 17.5 Å². The third-order valence-corrected chi connectivity index (χ3v) is 3.28. The maximum atomic E-state index is 10.8. The lowest BCUT2D eigenvalue weighted by molar-refractivity contribution is 0.112. The number of aromatic amines is 1. The summed E-state index contributed by atoms with van der Waals surface area (Å²) in [6.07, 6.45) is 2.27. The number of fused-ring (bicyclic) bond motifs is 1. The van der Waals surface area contributed by atoms with Crippen molar-refractivity contribution in [2.45, 2.75) is 0 Å². The van der Waals surface area contributed by atoms with E-state index in [9.17, 15) is 4.79 Å². The van der Waals surface area contributed by atoms with Gasteiger partial charge in [0.1, 0.15) is 13.2 Å². The molecular formula is C10H8N2O3S. The van der Waals surface area contributed by atoms with Crippen LogP contribution in [0, 0.1) is 0 Å². The molecule has 0 atom stereocenters. The number of rotatable bonds is 2. The normalized spacial score (nSPS) is 13.8. The molecule has 0 aromatic carbocycles. The molecule has 0 unspecified atom stereocenters. The number of hydrogen-bond acceptors (Lipinski definition) is 5. The average Bonchev–Trinajstić information content (AvgIpc) is 2.94. The number of carbonyl (C=O) groups is 1. The van der Waals surface area contributed by atoms with E-state index in [0.29, 0.717) is 30.2 Å². The van der Waals surface area contributed by atoms with Gasteiger partial charge >= 0.3 is 0 Å². The lowest BCUT2D eigenvalue weighted by Crippen LogP contribution is -2.14. The summed E-state index contributed by atoms with van der Waals surface area (Å²) in [5.41, 5.74) is 1.21. The van der Waals surface area contributed by atoms with E-state index in [0.717, 1.165) is 16.9 Å². The fourth-order valence-corrected chi connectivity index (χ4v) is 2.55. The molecule has 0 amide bonds. The molecule has 3 rings (SSSR count). The number of ether oxygens (including phenoxy) is 2. The van der Waals surface area contributed by atoms with Crippen molar-refractivity contribution >= 4 is 17.6 Å². The first-order chi connectivity index (χ1) is 7.90. The number of nitrogens with one attached hydrogen (secondary N) is 1. The molecule has 3 heterocycles. The first kappa shape index (κ1) is 9.41. The van der Waals surface area contributed by atoms with Gasteiger partial charge in [0.05, 0.1) is 22.3 Å². The summed E-state index contributed by atoms with van der Waals surface area (Å²) in [6.45, 7) is 1.09. The predicted molar refractivity (Wildman–Crippen MR) is 58.3 cm³/mol. The van der Waals surface area contributed by atoms with Gasteiger partial charge in [0, 0.05) is 5.38 Å². The van der Waals surface area contributed by atoms with Gasteiger partial charge in [-0.05, 0) is 0 Å². The highest BCUT2D eigenvalue weighted by atomic mass is 32.1. The quantitative estimate of drug-likeness (QED) is 0.806. The topological polar surface area (TPSA) is 64.2 Å². The largest absolute Gasteiger partial charge is 0.485 e. The summed E-state index contributed by atoms with van der Waals surface area (Å²) in [6, 6.07) is 0. The second kappa shape index (κ2) is 3.64. The maximum Gasteiger partial charge on any atom is 0.181 e. The predicted octanol–water partition coefficient (Wildman–Crippen LogP) is 1.72. The van der Waals surface area contributed by atoms with Crippen LogP contribution in [0.2, 0.25) is 0 Å². The van der Waals surface area contributed by atoms with Crippen molar-refractivity contribution in [2.75, 3.05) is 13.2 Å². The third kappa shape index (κ3) is 1.30. The van der Waals surface area contributed by atoms with Crippen LogP contribution in [0.15, 0.2) is 11.6 Å². The van der Waals surface area contributed by atoms with Crippen molar-refractivity contribution < 1.29 is 14.3 Å². The number of aromatic nitrogens is 2. The minimum Gasteiger partial charge on any atom is -0.485 e.